The van der Waals surface area contributed by atoms with Crippen LogP contribution in [0.3, 0.4) is 0 Å². The molecule has 0 aliphatic carbocycles. The summed E-state index contributed by atoms with van der Waals surface area (Å²) in [6.07, 6.45) is -2.11. The smallest absolute Gasteiger partial charge is 0.416 e. The van der Waals surface area contributed by atoms with Crippen LogP contribution in [0.15, 0.2) is 48.7 Å². The van der Waals surface area contributed by atoms with E-state index < -0.39 is 22.7 Å². The molecule has 0 radical (unpaired) electrons. The second-order valence-electron chi connectivity index (χ2n) is 6.35. The number of H-pyrrole nitrogens is 1. The molecule has 1 heterocycles. The molecule has 0 spiro atoms. The number of nitrogens with one attached hydrogen (secondary N) is 2. The van der Waals surface area contributed by atoms with Gasteiger partial charge in [-0.1, -0.05) is 12.1 Å². The van der Waals surface area contributed by atoms with E-state index in [1.807, 2.05) is 12.1 Å². The van der Waals surface area contributed by atoms with Crippen LogP contribution in [0.4, 0.5) is 18.9 Å². The minimum absolute atomic E-state index is 0.323. The van der Waals surface area contributed by atoms with Gasteiger partial charge in [-0.15, -0.1) is 0 Å². The first-order valence-corrected chi connectivity index (χ1v) is 10.2. The van der Waals surface area contributed by atoms with E-state index in [-0.39, 0.29) is 0 Å². The van der Waals surface area contributed by atoms with Crippen molar-refractivity contribution in [2.75, 3.05) is 30.8 Å². The highest BCUT2D eigenvalue weighted by Crippen LogP contribution is 2.30. The average Bonchev–Trinajstić information content (AvgIpc) is 3.08. The maximum atomic E-state index is 12.6. The molecular formula is C20H21F3N2O3S. The second kappa shape index (κ2) is 9.32. The summed E-state index contributed by atoms with van der Waals surface area (Å²) in [7, 11) is 0.286. The Morgan fingerprint density at radius 2 is 1.86 bits per heavy atom. The third-order valence-corrected chi connectivity index (χ3v) is 5.28. The van der Waals surface area contributed by atoms with Gasteiger partial charge in [-0.2, -0.15) is 13.2 Å². The molecule has 0 amide bonds. The molecule has 2 aromatic carbocycles. The molecule has 1 aromatic heterocycles. The number of halogens is 3. The van der Waals surface area contributed by atoms with Gasteiger partial charge in [0.05, 0.1) is 30.2 Å². The molecule has 1 unspecified atom stereocenters. The van der Waals surface area contributed by atoms with E-state index in [4.69, 9.17) is 9.47 Å². The average molecular weight is 426 g/mol. The van der Waals surface area contributed by atoms with Crippen molar-refractivity contribution in [2.45, 2.75) is 12.6 Å². The number of aromatic nitrogens is 1. The summed E-state index contributed by atoms with van der Waals surface area (Å²) in [5, 5.41) is 0.836. The van der Waals surface area contributed by atoms with Crippen LogP contribution in [0.1, 0.15) is 11.1 Å². The van der Waals surface area contributed by atoms with Crippen molar-refractivity contribution in [1.82, 2.24) is 4.98 Å². The van der Waals surface area contributed by atoms with Crippen molar-refractivity contribution in [3.63, 3.8) is 0 Å². The van der Waals surface area contributed by atoms with Gasteiger partial charge in [0.15, 0.2) is 0 Å². The number of rotatable bonds is 9. The molecule has 3 rings (SSSR count). The molecule has 0 aliphatic rings. The first kappa shape index (κ1) is 21.2. The summed E-state index contributed by atoms with van der Waals surface area (Å²) in [6.45, 7) is 0.712. The van der Waals surface area contributed by atoms with Crippen molar-refractivity contribution in [1.29, 1.82) is 0 Å². The Balaban J connectivity index is 1.60. The monoisotopic (exact) mass is 426 g/mol. The molecule has 5 nitrogen and oxygen atoms in total. The fourth-order valence-electron chi connectivity index (χ4n) is 2.75. The molecule has 0 saturated carbocycles. The number of fused-ring (bicyclic) bond motifs is 1. The molecule has 0 bridgehead atoms. The maximum absolute atomic E-state index is 12.6. The Morgan fingerprint density at radius 3 is 2.55 bits per heavy atom. The van der Waals surface area contributed by atoms with Crippen molar-refractivity contribution in [3.05, 3.63) is 59.8 Å². The lowest BCUT2D eigenvalue weighted by molar-refractivity contribution is -0.137. The third kappa shape index (κ3) is 5.74. The van der Waals surface area contributed by atoms with Gasteiger partial charge in [0, 0.05) is 30.6 Å². The van der Waals surface area contributed by atoms with Crippen LogP contribution in [-0.2, 0) is 28.3 Å². The largest absolute Gasteiger partial charge is 0.493 e. The van der Waals surface area contributed by atoms with Crippen LogP contribution in [0.5, 0.6) is 5.75 Å². The number of methoxy groups -OCH3 is 1. The van der Waals surface area contributed by atoms with Crippen molar-refractivity contribution < 1.29 is 26.9 Å². The number of benzene rings is 2. The van der Waals surface area contributed by atoms with Crippen LogP contribution in [0, 0.1) is 0 Å². The fraction of sp³-hybridized carbons (Fsp3) is 0.300. The first-order chi connectivity index (χ1) is 13.9. The van der Waals surface area contributed by atoms with E-state index in [0.717, 1.165) is 28.6 Å². The Kier molecular flexibility index (Phi) is 6.81. The van der Waals surface area contributed by atoms with E-state index in [0.29, 0.717) is 36.8 Å². The molecule has 2 N–H and O–H groups in total. The molecule has 156 valence electrons. The van der Waals surface area contributed by atoms with Gasteiger partial charge in [-0.3, -0.25) is 0 Å². The molecular weight excluding hydrogens is 405 g/mol. The summed E-state index contributed by atoms with van der Waals surface area (Å²) in [4.78, 5) is 3.10. The van der Waals surface area contributed by atoms with Gasteiger partial charge in [0.1, 0.15) is 16.7 Å². The number of aromatic amines is 1. The molecule has 0 fully saturated rings. The van der Waals surface area contributed by atoms with E-state index in [9.17, 15) is 17.4 Å². The fourth-order valence-corrected chi connectivity index (χ4v) is 3.59. The number of ether oxygens (including phenoxy) is 2. The number of hydrogen-bond acceptors (Lipinski definition) is 3. The Hall–Kier alpha value is -2.52. The summed E-state index contributed by atoms with van der Waals surface area (Å²) >= 11 is 0. The van der Waals surface area contributed by atoms with Crippen LogP contribution >= 0.6 is 0 Å². The van der Waals surface area contributed by atoms with Crippen molar-refractivity contribution >= 4 is 27.6 Å². The molecule has 0 saturated heterocycles. The predicted molar refractivity (Wildman–Crippen MR) is 107 cm³/mol. The van der Waals surface area contributed by atoms with E-state index >= 15 is 0 Å². The lowest BCUT2D eigenvalue weighted by Crippen LogP contribution is -2.12. The van der Waals surface area contributed by atoms with Gasteiger partial charge < -0.3 is 19.2 Å². The Bertz CT molecular complexity index is 971. The third-order valence-electron chi connectivity index (χ3n) is 4.29. The highest BCUT2D eigenvalue weighted by molar-refractivity contribution is 7.86. The van der Waals surface area contributed by atoms with Crippen molar-refractivity contribution in [3.8, 4) is 5.75 Å². The summed E-state index contributed by atoms with van der Waals surface area (Å²) in [5.74, 6) is 0.988. The standard InChI is InChI=1S/C20H21F3N2O3S/c1-27-10-11-29(26)25-19-13-24-18-7-6-16(12-17(18)19)28-9-8-14-2-4-15(5-3-14)20(21,22)23/h2-7,12-13,24-25H,8-11H2,1H3. The molecule has 9 heteroatoms. The van der Waals surface area contributed by atoms with E-state index in [1.165, 1.54) is 12.1 Å². The van der Waals surface area contributed by atoms with Gasteiger partial charge in [0.2, 0.25) is 0 Å². The highest BCUT2D eigenvalue weighted by Gasteiger charge is 2.29. The van der Waals surface area contributed by atoms with Gasteiger partial charge in [0.25, 0.3) is 0 Å². The zero-order chi connectivity index (χ0) is 20.9. The van der Waals surface area contributed by atoms with Gasteiger partial charge in [-0.05, 0) is 35.9 Å². The summed E-state index contributed by atoms with van der Waals surface area (Å²) < 4.78 is 63.5. The van der Waals surface area contributed by atoms with Crippen LogP contribution in [0.25, 0.3) is 10.9 Å². The Labute approximate surface area is 168 Å². The van der Waals surface area contributed by atoms with Crippen molar-refractivity contribution in [2.24, 2.45) is 0 Å². The van der Waals surface area contributed by atoms with Gasteiger partial charge >= 0.3 is 6.18 Å². The van der Waals surface area contributed by atoms with E-state index in [1.54, 1.807) is 19.4 Å². The predicted octanol–water partition coefficient (Wildman–Crippen LogP) is 4.53. The van der Waals surface area contributed by atoms with E-state index in [2.05, 4.69) is 9.71 Å². The summed E-state index contributed by atoms with van der Waals surface area (Å²) in [5.41, 5.74) is 1.66. The zero-order valence-corrected chi connectivity index (χ0v) is 16.5. The molecule has 29 heavy (non-hydrogen) atoms. The maximum Gasteiger partial charge on any atom is 0.416 e. The van der Waals surface area contributed by atoms with Crippen LogP contribution < -0.4 is 9.46 Å². The first-order valence-electron chi connectivity index (χ1n) is 8.91. The zero-order valence-electron chi connectivity index (χ0n) is 15.7. The molecule has 3 aromatic rings. The topological polar surface area (TPSA) is 63.3 Å². The lowest BCUT2D eigenvalue weighted by atomic mass is 10.1. The van der Waals surface area contributed by atoms with Crippen LogP contribution in [0.2, 0.25) is 0 Å². The number of hydrogen-bond donors (Lipinski definition) is 2. The lowest BCUT2D eigenvalue weighted by Gasteiger charge is -2.09. The minimum atomic E-state index is -4.33. The molecule has 0 aliphatic heterocycles. The normalized spacial score (nSPS) is 12.8. The quantitative estimate of drug-likeness (QED) is 0.529. The minimum Gasteiger partial charge on any atom is -0.493 e. The van der Waals surface area contributed by atoms with Crippen LogP contribution in [-0.4, -0.2) is 35.3 Å². The second-order valence-corrected chi connectivity index (χ2v) is 7.65. The highest BCUT2D eigenvalue weighted by atomic mass is 32.2. The summed E-state index contributed by atoms with van der Waals surface area (Å²) in [6, 6.07) is 10.5. The number of alkyl halides is 3. The van der Waals surface area contributed by atoms with Gasteiger partial charge in [-0.25, -0.2) is 4.21 Å². The number of anilines is 1. The molecule has 1 atom stereocenters. The SMILES string of the molecule is COCCS(=O)Nc1c[nH]c2ccc(OCCc3ccc(C(F)(F)F)cc3)cc12. The Morgan fingerprint density at radius 1 is 1.10 bits per heavy atom.